The fourth-order valence-electron chi connectivity index (χ4n) is 2.22. The van der Waals surface area contributed by atoms with Gasteiger partial charge in [-0.25, -0.2) is 23.1 Å². The summed E-state index contributed by atoms with van der Waals surface area (Å²) in [4.78, 5) is 7.93. The zero-order chi connectivity index (χ0) is 16.0. The van der Waals surface area contributed by atoms with Gasteiger partial charge in [0.15, 0.2) is 11.3 Å². The van der Waals surface area contributed by atoms with E-state index in [2.05, 4.69) is 9.97 Å². The Labute approximate surface area is 127 Å². The van der Waals surface area contributed by atoms with Crippen molar-refractivity contribution in [3.05, 3.63) is 52.5 Å². The highest BCUT2D eigenvalue weighted by molar-refractivity contribution is 6.32. The van der Waals surface area contributed by atoms with Gasteiger partial charge in [0, 0.05) is 17.7 Å². The molecular weight excluding hydrogens is 317 g/mol. The molecule has 0 fully saturated rings. The van der Waals surface area contributed by atoms with E-state index in [1.165, 1.54) is 17.7 Å². The Morgan fingerprint density at radius 2 is 1.82 bits per heavy atom. The average molecular weight is 323 g/mol. The van der Waals surface area contributed by atoms with Crippen molar-refractivity contribution in [3.63, 3.8) is 0 Å². The van der Waals surface area contributed by atoms with Crippen LogP contribution in [-0.2, 0) is 0 Å². The second-order valence-electron chi connectivity index (χ2n) is 4.51. The minimum Gasteiger partial charge on any atom is -0.272 e. The highest BCUT2D eigenvalue weighted by atomic mass is 35.5. The lowest BCUT2D eigenvalue weighted by Gasteiger charge is -2.12. The maximum atomic E-state index is 14.0. The normalized spacial score (nSPS) is 10.9. The molecule has 0 saturated heterocycles. The Morgan fingerprint density at radius 1 is 1.18 bits per heavy atom. The van der Waals surface area contributed by atoms with Crippen LogP contribution in [0.15, 0.2) is 18.5 Å². The van der Waals surface area contributed by atoms with E-state index in [4.69, 9.17) is 16.9 Å². The molecule has 0 aliphatic heterocycles. The first-order valence-electron chi connectivity index (χ1n) is 6.02. The van der Waals surface area contributed by atoms with Gasteiger partial charge in [-0.3, -0.25) is 4.40 Å². The Morgan fingerprint density at radius 3 is 2.41 bits per heavy atom. The lowest BCUT2D eigenvalue weighted by atomic mass is 10.0. The number of benzene rings is 1. The summed E-state index contributed by atoms with van der Waals surface area (Å²) in [5.74, 6) is -3.22. The number of nitrogens with zero attached hydrogens (tertiary/aromatic N) is 4. The Hall–Kier alpha value is -2.59. The first-order valence-corrected chi connectivity index (χ1v) is 6.40. The predicted molar refractivity (Wildman–Crippen MR) is 72.8 cm³/mol. The van der Waals surface area contributed by atoms with E-state index in [1.807, 2.05) is 6.07 Å². The molecule has 0 unspecified atom stereocenters. The van der Waals surface area contributed by atoms with Crippen LogP contribution in [0.25, 0.3) is 16.8 Å². The van der Waals surface area contributed by atoms with E-state index >= 15 is 0 Å². The lowest BCUT2D eigenvalue weighted by Crippen LogP contribution is -2.02. The summed E-state index contributed by atoms with van der Waals surface area (Å²) < 4.78 is 42.3. The van der Waals surface area contributed by atoms with Gasteiger partial charge in [-0.2, -0.15) is 5.26 Å². The largest absolute Gasteiger partial charge is 0.272 e. The van der Waals surface area contributed by atoms with Crippen LogP contribution in [0, 0.1) is 35.7 Å². The van der Waals surface area contributed by atoms with Crippen LogP contribution < -0.4 is 0 Å². The summed E-state index contributed by atoms with van der Waals surface area (Å²) in [5, 5.41) is 8.87. The van der Waals surface area contributed by atoms with Gasteiger partial charge in [-0.05, 0) is 6.92 Å². The molecule has 0 atom stereocenters. The van der Waals surface area contributed by atoms with Gasteiger partial charge in [0.2, 0.25) is 0 Å². The van der Waals surface area contributed by atoms with E-state index in [0.717, 1.165) is 0 Å². The lowest BCUT2D eigenvalue weighted by molar-refractivity contribution is 0.547. The summed E-state index contributed by atoms with van der Waals surface area (Å²) in [6.07, 6.45) is 1.23. The van der Waals surface area contributed by atoms with Crippen LogP contribution in [0.1, 0.15) is 11.4 Å². The molecule has 0 aliphatic rings. The van der Waals surface area contributed by atoms with Crippen molar-refractivity contribution >= 4 is 17.2 Å². The minimum atomic E-state index is -1.09. The zero-order valence-electron chi connectivity index (χ0n) is 11.0. The van der Waals surface area contributed by atoms with Crippen LogP contribution in [-0.4, -0.2) is 14.4 Å². The highest BCUT2D eigenvalue weighted by Gasteiger charge is 2.22. The molecule has 0 saturated carbocycles. The molecule has 0 N–H and O–H groups in total. The molecular formula is C14H6ClF3N4. The molecule has 4 nitrogen and oxygen atoms in total. The third kappa shape index (κ3) is 2.00. The molecule has 22 heavy (non-hydrogen) atoms. The fourth-order valence-corrected chi connectivity index (χ4v) is 2.58. The standard InChI is InChI=1S/C14H6ClF3N4/c1-6-11(12-8(17)2-7(16)3-9(12)18)13(15)22-5-20-10(4-19)14(22)21-6/h2-3,5H,1H3. The third-order valence-electron chi connectivity index (χ3n) is 3.16. The van der Waals surface area contributed by atoms with Gasteiger partial charge in [0.05, 0.1) is 11.3 Å². The average Bonchev–Trinajstić information content (AvgIpc) is 2.84. The zero-order valence-corrected chi connectivity index (χ0v) is 11.8. The molecule has 110 valence electrons. The number of nitriles is 1. The summed E-state index contributed by atoms with van der Waals surface area (Å²) in [6.45, 7) is 1.48. The van der Waals surface area contributed by atoms with Crippen LogP contribution in [0.5, 0.6) is 0 Å². The molecule has 0 radical (unpaired) electrons. The maximum absolute atomic E-state index is 14.0. The van der Waals surface area contributed by atoms with Gasteiger partial charge < -0.3 is 0 Å². The van der Waals surface area contributed by atoms with Crippen molar-refractivity contribution in [1.29, 1.82) is 5.26 Å². The van der Waals surface area contributed by atoms with E-state index in [-0.39, 0.29) is 27.8 Å². The van der Waals surface area contributed by atoms with Gasteiger partial charge in [0.1, 0.15) is 35.0 Å². The molecule has 0 spiro atoms. The van der Waals surface area contributed by atoms with Crippen molar-refractivity contribution in [3.8, 4) is 17.2 Å². The van der Waals surface area contributed by atoms with Crippen molar-refractivity contribution < 1.29 is 13.2 Å². The maximum Gasteiger partial charge on any atom is 0.185 e. The number of rotatable bonds is 1. The quantitative estimate of drug-likeness (QED) is 0.643. The molecule has 8 heteroatoms. The second-order valence-corrected chi connectivity index (χ2v) is 4.86. The van der Waals surface area contributed by atoms with Gasteiger partial charge in [0.25, 0.3) is 0 Å². The van der Waals surface area contributed by atoms with Crippen LogP contribution >= 0.6 is 11.6 Å². The van der Waals surface area contributed by atoms with Crippen LogP contribution in [0.2, 0.25) is 5.15 Å². The summed E-state index contributed by atoms with van der Waals surface area (Å²) in [6, 6.07) is 2.97. The Bertz CT molecular complexity index is 936. The summed E-state index contributed by atoms with van der Waals surface area (Å²) in [5.41, 5.74) is -0.0937. The fraction of sp³-hybridized carbons (Fsp3) is 0.0714. The van der Waals surface area contributed by atoms with E-state index in [0.29, 0.717) is 12.1 Å². The van der Waals surface area contributed by atoms with E-state index in [9.17, 15) is 13.2 Å². The smallest absolute Gasteiger partial charge is 0.185 e. The molecule has 2 aromatic heterocycles. The number of hydrogen-bond donors (Lipinski definition) is 0. The molecule has 1 aromatic carbocycles. The van der Waals surface area contributed by atoms with Gasteiger partial charge >= 0.3 is 0 Å². The van der Waals surface area contributed by atoms with Crippen molar-refractivity contribution in [2.24, 2.45) is 0 Å². The predicted octanol–water partition coefficient (Wildman–Crippen LogP) is 3.65. The number of aromatic nitrogens is 3. The number of fused-ring (bicyclic) bond motifs is 1. The molecule has 0 bridgehead atoms. The number of aryl methyl sites for hydroxylation is 1. The SMILES string of the molecule is Cc1nc2c(C#N)ncn2c(Cl)c1-c1c(F)cc(F)cc1F. The third-order valence-corrected chi connectivity index (χ3v) is 3.53. The van der Waals surface area contributed by atoms with Gasteiger partial charge in [-0.1, -0.05) is 11.6 Å². The molecule has 0 amide bonds. The highest BCUT2D eigenvalue weighted by Crippen LogP contribution is 2.35. The Balaban J connectivity index is 2.41. The van der Waals surface area contributed by atoms with E-state index < -0.39 is 23.0 Å². The molecule has 3 aromatic rings. The van der Waals surface area contributed by atoms with Crippen molar-refractivity contribution in [2.75, 3.05) is 0 Å². The molecule has 0 aliphatic carbocycles. The van der Waals surface area contributed by atoms with Crippen LogP contribution in [0.3, 0.4) is 0 Å². The number of hydrogen-bond acceptors (Lipinski definition) is 3. The Kier molecular flexibility index (Phi) is 3.26. The molecule has 3 rings (SSSR count). The van der Waals surface area contributed by atoms with Crippen LogP contribution in [0.4, 0.5) is 13.2 Å². The number of halogens is 4. The topological polar surface area (TPSA) is 54.0 Å². The summed E-state index contributed by atoms with van der Waals surface area (Å²) >= 11 is 6.18. The first-order chi connectivity index (χ1) is 10.4. The van der Waals surface area contributed by atoms with Crippen molar-refractivity contribution in [2.45, 2.75) is 6.92 Å². The number of imidazole rings is 1. The summed E-state index contributed by atoms with van der Waals surface area (Å²) in [7, 11) is 0. The van der Waals surface area contributed by atoms with Crippen molar-refractivity contribution in [1.82, 2.24) is 14.4 Å². The van der Waals surface area contributed by atoms with Gasteiger partial charge in [-0.15, -0.1) is 0 Å². The minimum absolute atomic E-state index is 0.0222. The second kappa shape index (κ2) is 5.00. The van der Waals surface area contributed by atoms with E-state index in [1.54, 1.807) is 0 Å². The molecule has 2 heterocycles. The first kappa shape index (κ1) is 14.4. The monoisotopic (exact) mass is 322 g/mol.